The van der Waals surface area contributed by atoms with Gasteiger partial charge < -0.3 is 0 Å². The van der Waals surface area contributed by atoms with Crippen LogP contribution in [0, 0.1) is 11.8 Å². The lowest BCUT2D eigenvalue weighted by Gasteiger charge is -2.32. The Labute approximate surface area is 121 Å². The zero-order valence-corrected chi connectivity index (χ0v) is 13.8. The number of nitrogens with zero attached hydrogens (tertiary/aromatic N) is 1. The summed E-state index contributed by atoms with van der Waals surface area (Å²) in [5.74, 6) is 1.30. The molecule has 1 aromatic heterocycles. The summed E-state index contributed by atoms with van der Waals surface area (Å²) in [5, 5.41) is 1.80. The van der Waals surface area contributed by atoms with Crippen molar-refractivity contribution < 1.29 is 8.42 Å². The van der Waals surface area contributed by atoms with Crippen LogP contribution in [0.5, 0.6) is 0 Å². The third-order valence-electron chi connectivity index (χ3n) is 3.60. The van der Waals surface area contributed by atoms with Gasteiger partial charge in [0.15, 0.2) is 0 Å². The minimum absolute atomic E-state index is 0.436. The molecule has 0 saturated carbocycles. The van der Waals surface area contributed by atoms with E-state index in [4.69, 9.17) is 0 Å². The van der Waals surface area contributed by atoms with Gasteiger partial charge in [0, 0.05) is 17.6 Å². The van der Waals surface area contributed by atoms with E-state index in [0.717, 1.165) is 12.8 Å². The van der Waals surface area contributed by atoms with Gasteiger partial charge in [-0.25, -0.2) is 8.42 Å². The van der Waals surface area contributed by atoms with Crippen LogP contribution >= 0.6 is 27.3 Å². The SMILES string of the molecule is CC(C)C1CCN(S(=O)(=O)c2sccc2Br)CC1. The first kappa shape index (κ1) is 14.5. The molecule has 1 aliphatic heterocycles. The van der Waals surface area contributed by atoms with Gasteiger partial charge >= 0.3 is 0 Å². The Morgan fingerprint density at radius 2 is 2.00 bits per heavy atom. The second-order valence-electron chi connectivity index (χ2n) is 5.04. The van der Waals surface area contributed by atoms with Crippen LogP contribution in [0.25, 0.3) is 0 Å². The van der Waals surface area contributed by atoms with Crippen molar-refractivity contribution in [3.05, 3.63) is 15.9 Å². The van der Waals surface area contributed by atoms with E-state index in [0.29, 0.717) is 33.6 Å². The number of halogens is 1. The van der Waals surface area contributed by atoms with E-state index in [1.54, 1.807) is 15.8 Å². The number of sulfonamides is 1. The summed E-state index contributed by atoms with van der Waals surface area (Å²) in [7, 11) is -3.29. The Morgan fingerprint density at radius 3 is 2.44 bits per heavy atom. The van der Waals surface area contributed by atoms with Gasteiger partial charge in [-0.15, -0.1) is 11.3 Å². The molecular formula is C12H18BrNO2S2. The highest BCUT2D eigenvalue weighted by Crippen LogP contribution is 2.33. The number of piperidine rings is 1. The summed E-state index contributed by atoms with van der Waals surface area (Å²) in [6, 6.07) is 1.79. The lowest BCUT2D eigenvalue weighted by Crippen LogP contribution is -2.39. The second kappa shape index (κ2) is 5.61. The maximum absolute atomic E-state index is 12.5. The topological polar surface area (TPSA) is 37.4 Å². The monoisotopic (exact) mass is 351 g/mol. The smallest absolute Gasteiger partial charge is 0.206 e. The van der Waals surface area contributed by atoms with Crippen molar-refractivity contribution >= 4 is 37.3 Å². The molecule has 1 saturated heterocycles. The zero-order valence-electron chi connectivity index (χ0n) is 10.6. The largest absolute Gasteiger partial charge is 0.253 e. The molecule has 0 spiro atoms. The van der Waals surface area contributed by atoms with Crippen LogP contribution in [0.2, 0.25) is 0 Å². The first-order chi connectivity index (χ1) is 8.43. The summed E-state index contributed by atoms with van der Waals surface area (Å²) >= 11 is 4.59. The molecule has 2 heterocycles. The molecule has 2 rings (SSSR count). The molecule has 1 fully saturated rings. The molecule has 0 amide bonds. The fourth-order valence-electron chi connectivity index (χ4n) is 2.36. The standard InChI is InChI=1S/C12H18BrNO2S2/c1-9(2)10-3-6-14(7-4-10)18(15,16)12-11(13)5-8-17-12/h5,8-10H,3-4,6-7H2,1-2H3. The molecule has 0 N–H and O–H groups in total. The van der Waals surface area contributed by atoms with Crippen LogP contribution in [-0.4, -0.2) is 25.8 Å². The average Bonchev–Trinajstić information content (AvgIpc) is 2.76. The van der Waals surface area contributed by atoms with Gasteiger partial charge in [0.1, 0.15) is 4.21 Å². The highest BCUT2D eigenvalue weighted by atomic mass is 79.9. The molecule has 102 valence electrons. The fourth-order valence-corrected chi connectivity index (χ4v) is 6.28. The van der Waals surface area contributed by atoms with Crippen LogP contribution < -0.4 is 0 Å². The number of hydrogen-bond acceptors (Lipinski definition) is 3. The number of hydrogen-bond donors (Lipinski definition) is 0. The molecule has 18 heavy (non-hydrogen) atoms. The first-order valence-corrected chi connectivity index (χ1v) is 9.27. The Kier molecular flexibility index (Phi) is 4.52. The molecule has 0 atom stereocenters. The van der Waals surface area contributed by atoms with Crippen LogP contribution in [0.3, 0.4) is 0 Å². The van der Waals surface area contributed by atoms with E-state index in [-0.39, 0.29) is 0 Å². The van der Waals surface area contributed by atoms with Crippen LogP contribution in [0.1, 0.15) is 26.7 Å². The second-order valence-corrected chi connectivity index (χ2v) is 8.95. The lowest BCUT2D eigenvalue weighted by atomic mass is 9.87. The van der Waals surface area contributed by atoms with Crippen LogP contribution in [0.15, 0.2) is 20.1 Å². The Bertz CT molecular complexity index is 502. The normalized spacial score (nSPS) is 19.6. The summed E-state index contributed by atoms with van der Waals surface area (Å²) in [6.45, 7) is 5.72. The molecular weight excluding hydrogens is 334 g/mol. The van der Waals surface area contributed by atoms with Gasteiger partial charge in [0.2, 0.25) is 0 Å². The van der Waals surface area contributed by atoms with E-state index in [2.05, 4.69) is 29.8 Å². The lowest BCUT2D eigenvalue weighted by molar-refractivity contribution is 0.227. The van der Waals surface area contributed by atoms with Gasteiger partial charge in [-0.1, -0.05) is 13.8 Å². The number of thiophene rings is 1. The Hall–Kier alpha value is 0.0900. The maximum Gasteiger partial charge on any atom is 0.253 e. The van der Waals surface area contributed by atoms with Crippen LogP contribution in [0.4, 0.5) is 0 Å². The van der Waals surface area contributed by atoms with Crippen molar-refractivity contribution in [3.8, 4) is 0 Å². The van der Waals surface area contributed by atoms with E-state index in [1.807, 2.05) is 0 Å². The predicted molar refractivity (Wildman–Crippen MR) is 78.3 cm³/mol. The van der Waals surface area contributed by atoms with Crippen molar-refractivity contribution in [2.75, 3.05) is 13.1 Å². The van der Waals surface area contributed by atoms with E-state index >= 15 is 0 Å². The quantitative estimate of drug-likeness (QED) is 0.834. The minimum Gasteiger partial charge on any atom is -0.206 e. The predicted octanol–water partition coefficient (Wildman–Crippen LogP) is 3.57. The fraction of sp³-hybridized carbons (Fsp3) is 0.667. The maximum atomic E-state index is 12.5. The average molecular weight is 352 g/mol. The third kappa shape index (κ3) is 2.81. The summed E-state index contributed by atoms with van der Waals surface area (Å²) in [4.78, 5) is 0. The van der Waals surface area contributed by atoms with E-state index < -0.39 is 10.0 Å². The van der Waals surface area contributed by atoms with Crippen molar-refractivity contribution in [1.82, 2.24) is 4.31 Å². The van der Waals surface area contributed by atoms with Gasteiger partial charge in [-0.05, 0) is 52.1 Å². The molecule has 0 radical (unpaired) electrons. The van der Waals surface area contributed by atoms with Crippen molar-refractivity contribution in [2.24, 2.45) is 11.8 Å². The minimum atomic E-state index is -3.29. The van der Waals surface area contributed by atoms with Gasteiger partial charge in [-0.2, -0.15) is 4.31 Å². The first-order valence-electron chi connectivity index (χ1n) is 6.16. The van der Waals surface area contributed by atoms with Gasteiger partial charge in [-0.3, -0.25) is 0 Å². The highest BCUT2D eigenvalue weighted by molar-refractivity contribution is 9.10. The van der Waals surface area contributed by atoms with Crippen LogP contribution in [-0.2, 0) is 10.0 Å². The summed E-state index contributed by atoms with van der Waals surface area (Å²) in [6.07, 6.45) is 1.94. The molecule has 0 unspecified atom stereocenters. The zero-order chi connectivity index (χ0) is 13.3. The Balaban J connectivity index is 2.12. The molecule has 0 aliphatic carbocycles. The van der Waals surface area contributed by atoms with E-state index in [9.17, 15) is 8.42 Å². The number of rotatable bonds is 3. The van der Waals surface area contributed by atoms with E-state index in [1.165, 1.54) is 11.3 Å². The van der Waals surface area contributed by atoms with Gasteiger partial charge in [0.05, 0.1) is 0 Å². The van der Waals surface area contributed by atoms with Crippen molar-refractivity contribution in [3.63, 3.8) is 0 Å². The molecule has 1 aliphatic rings. The summed E-state index contributed by atoms with van der Waals surface area (Å²) in [5.41, 5.74) is 0. The Morgan fingerprint density at radius 1 is 1.39 bits per heavy atom. The third-order valence-corrected chi connectivity index (χ3v) is 8.15. The van der Waals surface area contributed by atoms with Crippen molar-refractivity contribution in [2.45, 2.75) is 30.9 Å². The molecule has 6 heteroatoms. The van der Waals surface area contributed by atoms with Gasteiger partial charge in [0.25, 0.3) is 10.0 Å². The molecule has 0 bridgehead atoms. The van der Waals surface area contributed by atoms with Crippen molar-refractivity contribution in [1.29, 1.82) is 0 Å². The highest BCUT2D eigenvalue weighted by Gasteiger charge is 2.32. The molecule has 1 aromatic rings. The molecule has 0 aromatic carbocycles. The summed E-state index contributed by atoms with van der Waals surface area (Å²) < 4.78 is 27.6. The molecule has 3 nitrogen and oxygen atoms in total.